The van der Waals surface area contributed by atoms with E-state index in [1.54, 1.807) is 0 Å². The summed E-state index contributed by atoms with van der Waals surface area (Å²) in [7, 11) is 0. The second-order valence-electron chi connectivity index (χ2n) is 5.48. The summed E-state index contributed by atoms with van der Waals surface area (Å²) in [5, 5.41) is 2.83. The molecule has 0 bridgehead atoms. The van der Waals surface area contributed by atoms with E-state index in [1.807, 2.05) is 20.8 Å². The van der Waals surface area contributed by atoms with E-state index in [-0.39, 0.29) is 24.2 Å². The van der Waals surface area contributed by atoms with Crippen LogP contribution in [0.3, 0.4) is 0 Å². The average molecular weight is 229 g/mol. The molecule has 0 aromatic carbocycles. The highest BCUT2D eigenvalue weighted by Crippen LogP contribution is 2.17. The Balaban J connectivity index is 2.35. The van der Waals surface area contributed by atoms with Gasteiger partial charge in [-0.05, 0) is 40.0 Å². The van der Waals surface area contributed by atoms with Crippen LogP contribution in [0.25, 0.3) is 0 Å². The number of rotatable bonds is 1. The van der Waals surface area contributed by atoms with Crippen molar-refractivity contribution in [3.05, 3.63) is 0 Å². The van der Waals surface area contributed by atoms with Gasteiger partial charge in [-0.1, -0.05) is 0 Å². The van der Waals surface area contributed by atoms with Gasteiger partial charge >= 0.3 is 6.09 Å². The predicted octanol–water partition coefficient (Wildman–Crippen LogP) is 0.718. The fraction of sp³-hybridized carbons (Fsp3) is 0.909. The zero-order valence-electron chi connectivity index (χ0n) is 10.3. The molecule has 0 aliphatic heterocycles. The first-order valence-corrected chi connectivity index (χ1v) is 5.78. The van der Waals surface area contributed by atoms with E-state index in [4.69, 9.17) is 16.2 Å². The first-order chi connectivity index (χ1) is 7.28. The molecule has 0 radical (unpaired) electrons. The number of nitrogens with one attached hydrogen (secondary N) is 1. The Morgan fingerprint density at radius 3 is 2.38 bits per heavy atom. The van der Waals surface area contributed by atoms with Gasteiger partial charge < -0.3 is 21.5 Å². The zero-order valence-corrected chi connectivity index (χ0v) is 10.3. The van der Waals surface area contributed by atoms with Gasteiger partial charge in [0, 0.05) is 18.1 Å². The second-order valence-corrected chi connectivity index (χ2v) is 5.48. The summed E-state index contributed by atoms with van der Waals surface area (Å²) in [6.45, 7) is 5.53. The van der Waals surface area contributed by atoms with E-state index in [1.165, 1.54) is 0 Å². The highest BCUT2D eigenvalue weighted by molar-refractivity contribution is 5.68. The van der Waals surface area contributed by atoms with Crippen molar-refractivity contribution >= 4 is 6.09 Å². The molecule has 1 aliphatic rings. The largest absolute Gasteiger partial charge is 0.444 e. The molecule has 1 saturated carbocycles. The van der Waals surface area contributed by atoms with Gasteiger partial charge in [-0.2, -0.15) is 0 Å². The third kappa shape index (κ3) is 4.37. The van der Waals surface area contributed by atoms with E-state index in [2.05, 4.69) is 5.32 Å². The molecule has 1 amide bonds. The Kier molecular flexibility index (Phi) is 4.15. The second kappa shape index (κ2) is 5.01. The topological polar surface area (TPSA) is 90.4 Å². The van der Waals surface area contributed by atoms with Gasteiger partial charge in [-0.25, -0.2) is 4.79 Å². The van der Waals surface area contributed by atoms with Crippen LogP contribution in [0, 0.1) is 0 Å². The van der Waals surface area contributed by atoms with Gasteiger partial charge in [-0.15, -0.1) is 0 Å². The third-order valence-electron chi connectivity index (χ3n) is 2.68. The monoisotopic (exact) mass is 229 g/mol. The average Bonchev–Trinajstić information content (AvgIpc) is 2.08. The first-order valence-electron chi connectivity index (χ1n) is 5.78. The van der Waals surface area contributed by atoms with Gasteiger partial charge in [0.15, 0.2) is 0 Å². The summed E-state index contributed by atoms with van der Waals surface area (Å²) in [6, 6.07) is 0.107. The Morgan fingerprint density at radius 2 is 1.88 bits per heavy atom. The Bertz CT molecular complexity index is 250. The first kappa shape index (κ1) is 13.3. The van der Waals surface area contributed by atoms with Crippen molar-refractivity contribution in [2.45, 2.75) is 63.8 Å². The zero-order chi connectivity index (χ0) is 12.3. The summed E-state index contributed by atoms with van der Waals surface area (Å²) in [4.78, 5) is 11.5. The summed E-state index contributed by atoms with van der Waals surface area (Å²) < 4.78 is 5.18. The van der Waals surface area contributed by atoms with Gasteiger partial charge in [0.2, 0.25) is 0 Å². The number of carbonyl (C=O) groups is 1. The van der Waals surface area contributed by atoms with E-state index in [0.29, 0.717) is 0 Å². The van der Waals surface area contributed by atoms with Crippen LogP contribution in [-0.2, 0) is 4.74 Å². The van der Waals surface area contributed by atoms with Crippen LogP contribution in [0.5, 0.6) is 0 Å². The van der Waals surface area contributed by atoms with Crippen LogP contribution in [0.2, 0.25) is 0 Å². The molecule has 16 heavy (non-hydrogen) atoms. The van der Waals surface area contributed by atoms with Crippen molar-refractivity contribution < 1.29 is 9.53 Å². The molecule has 94 valence electrons. The minimum Gasteiger partial charge on any atom is -0.444 e. The lowest BCUT2D eigenvalue weighted by molar-refractivity contribution is 0.0488. The summed E-state index contributed by atoms with van der Waals surface area (Å²) in [5.41, 5.74) is 11.2. The number of amides is 1. The normalized spacial score (nSPS) is 30.9. The van der Waals surface area contributed by atoms with E-state index < -0.39 is 5.60 Å². The Morgan fingerprint density at radius 1 is 1.25 bits per heavy atom. The summed E-state index contributed by atoms with van der Waals surface area (Å²) in [5.74, 6) is 0. The lowest BCUT2D eigenvalue weighted by Crippen LogP contribution is -2.52. The highest BCUT2D eigenvalue weighted by Gasteiger charge is 2.27. The molecule has 0 heterocycles. The predicted molar refractivity (Wildman–Crippen MR) is 63.0 cm³/mol. The van der Waals surface area contributed by atoms with Crippen molar-refractivity contribution in [1.29, 1.82) is 0 Å². The molecule has 3 atom stereocenters. The lowest BCUT2D eigenvalue weighted by Gasteiger charge is -2.32. The highest BCUT2D eigenvalue weighted by atomic mass is 16.6. The van der Waals surface area contributed by atoms with Crippen molar-refractivity contribution in [1.82, 2.24) is 5.32 Å². The Hall–Kier alpha value is -0.810. The fourth-order valence-electron chi connectivity index (χ4n) is 1.83. The van der Waals surface area contributed by atoms with Gasteiger partial charge in [0.25, 0.3) is 0 Å². The molecule has 0 saturated heterocycles. The van der Waals surface area contributed by atoms with Gasteiger partial charge in [0.1, 0.15) is 5.60 Å². The van der Waals surface area contributed by atoms with E-state index in [9.17, 15) is 4.79 Å². The van der Waals surface area contributed by atoms with Crippen LogP contribution < -0.4 is 16.8 Å². The number of carbonyl (C=O) groups excluding carboxylic acids is 1. The van der Waals surface area contributed by atoms with Crippen LogP contribution in [0.1, 0.15) is 40.0 Å². The maximum atomic E-state index is 11.5. The minimum absolute atomic E-state index is 0.0336. The number of hydrogen-bond donors (Lipinski definition) is 3. The molecule has 1 rings (SSSR count). The van der Waals surface area contributed by atoms with Crippen LogP contribution in [0.4, 0.5) is 4.79 Å². The molecule has 1 fully saturated rings. The molecule has 0 aromatic rings. The molecule has 5 nitrogen and oxygen atoms in total. The van der Waals surface area contributed by atoms with Gasteiger partial charge in [-0.3, -0.25) is 0 Å². The third-order valence-corrected chi connectivity index (χ3v) is 2.68. The molecule has 5 N–H and O–H groups in total. The molecular formula is C11H23N3O2. The van der Waals surface area contributed by atoms with Crippen molar-refractivity contribution in [2.75, 3.05) is 0 Å². The standard InChI is InChI=1S/C11H23N3O2/c1-11(2,3)16-10(15)14-7-4-5-8(12)9(13)6-7/h7-9H,4-6,12-13H2,1-3H3,(H,14,15)/t7-,8+,9-/m0/s1. The maximum absolute atomic E-state index is 11.5. The van der Waals surface area contributed by atoms with Crippen molar-refractivity contribution in [3.63, 3.8) is 0 Å². The van der Waals surface area contributed by atoms with E-state index >= 15 is 0 Å². The smallest absolute Gasteiger partial charge is 0.407 e. The quantitative estimate of drug-likeness (QED) is 0.618. The molecule has 0 spiro atoms. The minimum atomic E-state index is -0.461. The fourth-order valence-corrected chi connectivity index (χ4v) is 1.83. The molecular weight excluding hydrogens is 206 g/mol. The van der Waals surface area contributed by atoms with Crippen molar-refractivity contribution in [3.8, 4) is 0 Å². The number of hydrogen-bond acceptors (Lipinski definition) is 4. The number of nitrogens with two attached hydrogens (primary N) is 2. The van der Waals surface area contributed by atoms with Crippen LogP contribution >= 0.6 is 0 Å². The molecule has 1 aliphatic carbocycles. The van der Waals surface area contributed by atoms with Crippen molar-refractivity contribution in [2.24, 2.45) is 11.5 Å². The molecule has 5 heteroatoms. The lowest BCUT2D eigenvalue weighted by atomic mass is 9.88. The Labute approximate surface area is 96.9 Å². The summed E-state index contributed by atoms with van der Waals surface area (Å²) in [6.07, 6.45) is 2.07. The number of ether oxygens (including phenoxy) is 1. The molecule has 0 unspecified atom stereocenters. The number of alkyl carbamates (subject to hydrolysis) is 1. The maximum Gasteiger partial charge on any atom is 0.407 e. The summed E-state index contributed by atoms with van der Waals surface area (Å²) >= 11 is 0. The molecule has 0 aromatic heterocycles. The van der Waals surface area contributed by atoms with Crippen LogP contribution in [0.15, 0.2) is 0 Å². The van der Waals surface area contributed by atoms with E-state index in [0.717, 1.165) is 19.3 Å². The van der Waals surface area contributed by atoms with Gasteiger partial charge in [0.05, 0.1) is 0 Å². The van der Waals surface area contributed by atoms with Crippen LogP contribution in [-0.4, -0.2) is 29.8 Å². The SMILES string of the molecule is CC(C)(C)OC(=O)N[C@H]1CC[C@@H](N)[C@@H](N)C1.